The number of anilines is 1. The minimum absolute atomic E-state index is 0.0599. The van der Waals surface area contributed by atoms with Crippen molar-refractivity contribution < 1.29 is 22.7 Å². The van der Waals surface area contributed by atoms with E-state index in [2.05, 4.69) is 10.6 Å². The first-order valence-corrected chi connectivity index (χ1v) is 12.8. The summed E-state index contributed by atoms with van der Waals surface area (Å²) in [6.07, 6.45) is 4.06. The lowest BCUT2D eigenvalue weighted by molar-refractivity contribution is -0.117. The Bertz CT molecular complexity index is 915. The number of nitrogens with zero attached hydrogens (tertiary/aromatic N) is 2. The molecular formula is C22H34N4O5S. The molecule has 0 radical (unpaired) electrons. The van der Waals surface area contributed by atoms with Crippen LogP contribution in [0, 0.1) is 6.92 Å². The zero-order valence-corrected chi connectivity index (χ0v) is 19.7. The van der Waals surface area contributed by atoms with E-state index in [1.165, 1.54) is 4.31 Å². The molecule has 1 aromatic carbocycles. The molecule has 2 aliphatic heterocycles. The van der Waals surface area contributed by atoms with Crippen molar-refractivity contribution in [3.8, 4) is 0 Å². The van der Waals surface area contributed by atoms with Gasteiger partial charge < -0.3 is 15.4 Å². The van der Waals surface area contributed by atoms with Crippen molar-refractivity contribution in [1.82, 2.24) is 14.5 Å². The van der Waals surface area contributed by atoms with E-state index in [1.54, 1.807) is 25.1 Å². The van der Waals surface area contributed by atoms with Gasteiger partial charge in [0.2, 0.25) is 15.9 Å². The predicted octanol–water partition coefficient (Wildman–Crippen LogP) is 2.32. The SMILES string of the molecule is CCOC(=O)NC1CCCN(CC(=O)Nc2cc(S(=O)(=O)N3CCCCC3)ccc2C)C1. The Balaban J connectivity index is 1.61. The molecule has 0 spiro atoms. The van der Waals surface area contributed by atoms with E-state index in [-0.39, 0.29) is 23.4 Å². The highest BCUT2D eigenvalue weighted by Gasteiger charge is 2.27. The molecule has 9 nitrogen and oxygen atoms in total. The van der Waals surface area contributed by atoms with E-state index in [0.29, 0.717) is 31.9 Å². The van der Waals surface area contributed by atoms with Crippen molar-refractivity contribution in [2.24, 2.45) is 0 Å². The van der Waals surface area contributed by atoms with E-state index < -0.39 is 16.1 Å². The summed E-state index contributed by atoms with van der Waals surface area (Å²) in [6, 6.07) is 4.83. The Morgan fingerprint density at radius 3 is 2.59 bits per heavy atom. The van der Waals surface area contributed by atoms with Crippen LogP contribution >= 0.6 is 0 Å². The molecule has 178 valence electrons. The van der Waals surface area contributed by atoms with Crippen LogP contribution in [0.5, 0.6) is 0 Å². The largest absolute Gasteiger partial charge is 0.450 e. The lowest BCUT2D eigenvalue weighted by Crippen LogP contribution is -2.49. The summed E-state index contributed by atoms with van der Waals surface area (Å²) in [6.45, 7) is 6.48. The maximum atomic E-state index is 13.0. The van der Waals surface area contributed by atoms with E-state index >= 15 is 0 Å². The summed E-state index contributed by atoms with van der Waals surface area (Å²) in [5.41, 5.74) is 1.31. The van der Waals surface area contributed by atoms with Gasteiger partial charge in [0.25, 0.3) is 0 Å². The number of carbonyl (C=O) groups is 2. The van der Waals surface area contributed by atoms with Crippen LogP contribution < -0.4 is 10.6 Å². The molecule has 0 saturated carbocycles. The standard InChI is InChI=1S/C22H34N4O5S/c1-3-31-22(28)23-18-8-7-11-25(15-18)16-21(27)24-20-14-19(10-9-17(20)2)32(29,30)26-12-5-4-6-13-26/h9-10,14,18H,3-8,11-13,15-16H2,1-2H3,(H,23,28)(H,24,27). The second-order valence-corrected chi connectivity index (χ2v) is 10.4. The Labute approximate surface area is 190 Å². The van der Waals surface area contributed by atoms with Gasteiger partial charge in [-0.05, 0) is 63.8 Å². The number of alkyl carbamates (subject to hydrolysis) is 1. The molecule has 0 bridgehead atoms. The van der Waals surface area contributed by atoms with Gasteiger partial charge in [0.05, 0.1) is 18.0 Å². The van der Waals surface area contributed by atoms with Crippen LogP contribution in [0.1, 0.15) is 44.6 Å². The lowest BCUT2D eigenvalue weighted by atomic mass is 10.1. The molecular weight excluding hydrogens is 432 g/mol. The molecule has 2 heterocycles. The Morgan fingerprint density at radius 2 is 1.88 bits per heavy atom. The fourth-order valence-corrected chi connectivity index (χ4v) is 5.74. The van der Waals surface area contributed by atoms with Gasteiger partial charge in [-0.2, -0.15) is 4.31 Å². The van der Waals surface area contributed by atoms with Crippen LogP contribution in [0.4, 0.5) is 10.5 Å². The van der Waals surface area contributed by atoms with Gasteiger partial charge in [-0.3, -0.25) is 9.69 Å². The zero-order chi connectivity index (χ0) is 23.1. The number of sulfonamides is 1. The molecule has 32 heavy (non-hydrogen) atoms. The highest BCUT2D eigenvalue weighted by Crippen LogP contribution is 2.25. The number of ether oxygens (including phenoxy) is 1. The summed E-state index contributed by atoms with van der Waals surface area (Å²) in [5, 5.41) is 5.70. The van der Waals surface area contributed by atoms with Gasteiger partial charge >= 0.3 is 6.09 Å². The molecule has 0 aromatic heterocycles. The number of hydrogen-bond donors (Lipinski definition) is 2. The Morgan fingerprint density at radius 1 is 1.12 bits per heavy atom. The van der Waals surface area contributed by atoms with E-state index in [4.69, 9.17) is 4.74 Å². The Kier molecular flexibility index (Phi) is 8.50. The summed E-state index contributed by atoms with van der Waals surface area (Å²) in [7, 11) is -3.57. The van der Waals surface area contributed by atoms with Gasteiger partial charge in [-0.15, -0.1) is 0 Å². The first-order chi connectivity index (χ1) is 15.3. The second kappa shape index (κ2) is 11.1. The molecule has 2 aliphatic rings. The molecule has 2 N–H and O–H groups in total. The maximum absolute atomic E-state index is 13.0. The fraction of sp³-hybridized carbons (Fsp3) is 0.636. The maximum Gasteiger partial charge on any atom is 0.407 e. The van der Waals surface area contributed by atoms with Gasteiger partial charge in [0, 0.05) is 31.4 Å². The summed E-state index contributed by atoms with van der Waals surface area (Å²) in [4.78, 5) is 26.6. The third-order valence-corrected chi connectivity index (χ3v) is 7.80. The highest BCUT2D eigenvalue weighted by molar-refractivity contribution is 7.89. The first-order valence-electron chi connectivity index (χ1n) is 11.4. The van der Waals surface area contributed by atoms with Crippen LogP contribution in [0.15, 0.2) is 23.1 Å². The number of aryl methyl sites for hydroxylation is 1. The molecule has 10 heteroatoms. The van der Waals surface area contributed by atoms with Crippen LogP contribution in [-0.4, -0.2) is 75.0 Å². The minimum atomic E-state index is -3.57. The van der Waals surface area contributed by atoms with Crippen molar-refractivity contribution in [1.29, 1.82) is 0 Å². The normalized spacial score (nSPS) is 20.5. The third-order valence-electron chi connectivity index (χ3n) is 5.91. The minimum Gasteiger partial charge on any atom is -0.450 e. The van der Waals surface area contributed by atoms with Crippen LogP contribution in [-0.2, 0) is 19.6 Å². The molecule has 0 aliphatic carbocycles. The van der Waals surface area contributed by atoms with Crippen molar-refractivity contribution in [2.75, 3.05) is 44.6 Å². The highest BCUT2D eigenvalue weighted by atomic mass is 32.2. The van der Waals surface area contributed by atoms with E-state index in [1.807, 2.05) is 11.8 Å². The van der Waals surface area contributed by atoms with Crippen molar-refractivity contribution in [2.45, 2.75) is 56.9 Å². The first kappa shape index (κ1) is 24.5. The smallest absolute Gasteiger partial charge is 0.407 e. The topological polar surface area (TPSA) is 108 Å². The average Bonchev–Trinajstić information content (AvgIpc) is 2.76. The number of benzene rings is 1. The third kappa shape index (κ3) is 6.43. The van der Waals surface area contributed by atoms with Crippen molar-refractivity contribution >= 4 is 27.7 Å². The number of hydrogen-bond acceptors (Lipinski definition) is 6. The summed E-state index contributed by atoms with van der Waals surface area (Å²) in [5.74, 6) is -0.211. The number of carbonyl (C=O) groups excluding carboxylic acids is 2. The predicted molar refractivity (Wildman–Crippen MR) is 122 cm³/mol. The molecule has 2 amide bonds. The molecule has 1 atom stereocenters. The number of likely N-dealkylation sites (tertiary alicyclic amines) is 1. The van der Waals surface area contributed by atoms with Crippen LogP contribution in [0.2, 0.25) is 0 Å². The van der Waals surface area contributed by atoms with Gasteiger partial charge in [0.15, 0.2) is 0 Å². The average molecular weight is 467 g/mol. The van der Waals surface area contributed by atoms with E-state index in [0.717, 1.165) is 44.2 Å². The van der Waals surface area contributed by atoms with Gasteiger partial charge in [0.1, 0.15) is 0 Å². The zero-order valence-electron chi connectivity index (χ0n) is 18.9. The van der Waals surface area contributed by atoms with E-state index in [9.17, 15) is 18.0 Å². The van der Waals surface area contributed by atoms with Gasteiger partial charge in [-0.25, -0.2) is 13.2 Å². The second-order valence-electron chi connectivity index (χ2n) is 8.43. The molecule has 1 aromatic rings. The summed E-state index contributed by atoms with van der Waals surface area (Å²) < 4.78 is 32.4. The summed E-state index contributed by atoms with van der Waals surface area (Å²) >= 11 is 0. The van der Waals surface area contributed by atoms with Gasteiger partial charge in [-0.1, -0.05) is 12.5 Å². The number of amides is 2. The molecule has 2 saturated heterocycles. The van der Waals surface area contributed by atoms with Crippen LogP contribution in [0.3, 0.4) is 0 Å². The Hall–Kier alpha value is -2.17. The van der Waals surface area contributed by atoms with Crippen molar-refractivity contribution in [3.63, 3.8) is 0 Å². The molecule has 2 fully saturated rings. The van der Waals surface area contributed by atoms with Crippen LogP contribution in [0.25, 0.3) is 0 Å². The quantitative estimate of drug-likeness (QED) is 0.639. The lowest BCUT2D eigenvalue weighted by Gasteiger charge is -2.32. The number of nitrogens with one attached hydrogen (secondary N) is 2. The van der Waals surface area contributed by atoms with Crippen molar-refractivity contribution in [3.05, 3.63) is 23.8 Å². The number of rotatable bonds is 7. The molecule has 1 unspecified atom stereocenters. The monoisotopic (exact) mass is 466 g/mol. The number of piperidine rings is 2. The molecule has 3 rings (SSSR count). The fourth-order valence-electron chi connectivity index (χ4n) is 4.20.